The molecule has 0 spiro atoms. The van der Waals surface area contributed by atoms with Gasteiger partial charge in [0.15, 0.2) is 0 Å². The van der Waals surface area contributed by atoms with Crippen LogP contribution >= 0.6 is 23.2 Å². The molecular weight excluding hydrogens is 277 g/mol. The van der Waals surface area contributed by atoms with Crippen molar-refractivity contribution in [2.75, 3.05) is 6.54 Å². The number of benzene rings is 1. The number of halogens is 2. The second-order valence-corrected chi connectivity index (χ2v) is 5.90. The molecule has 0 saturated heterocycles. The maximum Gasteiger partial charge on any atom is 0.0595 e. The van der Waals surface area contributed by atoms with Gasteiger partial charge in [0.05, 0.1) is 10.0 Å². The lowest BCUT2D eigenvalue weighted by molar-refractivity contribution is 0.332. The van der Waals surface area contributed by atoms with Crippen LogP contribution in [0.1, 0.15) is 45.6 Å². The van der Waals surface area contributed by atoms with Gasteiger partial charge >= 0.3 is 0 Å². The van der Waals surface area contributed by atoms with E-state index < -0.39 is 0 Å². The van der Waals surface area contributed by atoms with Gasteiger partial charge in [-0.2, -0.15) is 0 Å². The first-order valence-corrected chi connectivity index (χ1v) is 8.05. The van der Waals surface area contributed by atoms with Crippen LogP contribution < -0.4 is 5.32 Å². The van der Waals surface area contributed by atoms with Crippen LogP contribution in [0.2, 0.25) is 10.0 Å². The van der Waals surface area contributed by atoms with Crippen LogP contribution in [0.3, 0.4) is 0 Å². The van der Waals surface area contributed by atoms with E-state index in [2.05, 4.69) is 32.2 Å². The highest BCUT2D eigenvalue weighted by atomic mass is 35.5. The van der Waals surface area contributed by atoms with Crippen molar-refractivity contribution in [3.8, 4) is 0 Å². The summed E-state index contributed by atoms with van der Waals surface area (Å²) in [7, 11) is 0. The average molecular weight is 302 g/mol. The standard InChI is InChI=1S/C16H25Cl2N/c1-4-9-19-16(13(5-2)6-3)11-12-7-8-14(17)15(18)10-12/h7-8,10,13,16,19H,4-6,9,11H2,1-3H3. The molecule has 108 valence electrons. The van der Waals surface area contributed by atoms with E-state index in [-0.39, 0.29) is 0 Å². The normalized spacial score (nSPS) is 12.9. The monoisotopic (exact) mass is 301 g/mol. The topological polar surface area (TPSA) is 12.0 Å². The maximum atomic E-state index is 6.10. The van der Waals surface area contributed by atoms with Crippen molar-refractivity contribution in [2.24, 2.45) is 5.92 Å². The number of rotatable bonds is 8. The number of hydrogen-bond donors (Lipinski definition) is 1. The quantitative estimate of drug-likeness (QED) is 0.683. The summed E-state index contributed by atoms with van der Waals surface area (Å²) in [5.74, 6) is 0.709. The molecule has 1 aromatic rings. The van der Waals surface area contributed by atoms with Crippen molar-refractivity contribution in [3.63, 3.8) is 0 Å². The molecule has 0 bridgehead atoms. The van der Waals surface area contributed by atoms with Gasteiger partial charge in [-0.25, -0.2) is 0 Å². The van der Waals surface area contributed by atoms with Crippen LogP contribution in [-0.2, 0) is 6.42 Å². The van der Waals surface area contributed by atoms with E-state index in [1.165, 1.54) is 18.4 Å². The zero-order chi connectivity index (χ0) is 14.3. The molecule has 0 saturated carbocycles. The summed E-state index contributed by atoms with van der Waals surface area (Å²) in [5, 5.41) is 4.96. The average Bonchev–Trinajstić information content (AvgIpc) is 2.41. The molecule has 0 aliphatic heterocycles. The van der Waals surface area contributed by atoms with Crippen LogP contribution in [0.25, 0.3) is 0 Å². The summed E-state index contributed by atoms with van der Waals surface area (Å²) in [6, 6.07) is 6.49. The highest BCUT2D eigenvalue weighted by molar-refractivity contribution is 6.42. The lowest BCUT2D eigenvalue weighted by Gasteiger charge is -2.27. The van der Waals surface area contributed by atoms with E-state index in [4.69, 9.17) is 23.2 Å². The zero-order valence-electron chi connectivity index (χ0n) is 12.2. The minimum absolute atomic E-state index is 0.521. The van der Waals surface area contributed by atoms with Crippen LogP contribution in [0.4, 0.5) is 0 Å². The van der Waals surface area contributed by atoms with E-state index in [1.807, 2.05) is 12.1 Å². The molecule has 1 aromatic carbocycles. The predicted octanol–water partition coefficient (Wildman–Crippen LogP) is 5.34. The minimum atomic E-state index is 0.521. The van der Waals surface area contributed by atoms with Gasteiger partial charge in [-0.3, -0.25) is 0 Å². The Labute approximate surface area is 127 Å². The largest absolute Gasteiger partial charge is 0.313 e. The summed E-state index contributed by atoms with van der Waals surface area (Å²) in [6.45, 7) is 7.81. The van der Waals surface area contributed by atoms with E-state index in [1.54, 1.807) is 0 Å². The first-order valence-electron chi connectivity index (χ1n) is 7.29. The second-order valence-electron chi connectivity index (χ2n) is 5.09. The fourth-order valence-electron chi connectivity index (χ4n) is 2.51. The van der Waals surface area contributed by atoms with Crippen molar-refractivity contribution in [1.82, 2.24) is 5.32 Å². The lowest BCUT2D eigenvalue weighted by atomic mass is 9.89. The number of nitrogens with one attached hydrogen (secondary N) is 1. The van der Waals surface area contributed by atoms with E-state index in [0.717, 1.165) is 19.4 Å². The molecule has 19 heavy (non-hydrogen) atoms. The SMILES string of the molecule is CCCNC(Cc1ccc(Cl)c(Cl)c1)C(CC)CC. The smallest absolute Gasteiger partial charge is 0.0595 e. The Kier molecular flexibility index (Phi) is 7.82. The van der Waals surface area contributed by atoms with Crippen molar-refractivity contribution in [3.05, 3.63) is 33.8 Å². The van der Waals surface area contributed by atoms with Gasteiger partial charge in [0.25, 0.3) is 0 Å². The van der Waals surface area contributed by atoms with Gasteiger partial charge in [-0.15, -0.1) is 0 Å². The Hall–Kier alpha value is -0.240. The summed E-state index contributed by atoms with van der Waals surface area (Å²) in [5.41, 5.74) is 1.26. The molecule has 0 aromatic heterocycles. The van der Waals surface area contributed by atoms with Gasteiger partial charge in [0.2, 0.25) is 0 Å². The molecule has 1 nitrogen and oxygen atoms in total. The Balaban J connectivity index is 2.77. The van der Waals surface area contributed by atoms with Crippen LogP contribution in [0, 0.1) is 5.92 Å². The molecule has 0 aliphatic rings. The van der Waals surface area contributed by atoms with Crippen LogP contribution in [-0.4, -0.2) is 12.6 Å². The predicted molar refractivity (Wildman–Crippen MR) is 86.3 cm³/mol. The zero-order valence-corrected chi connectivity index (χ0v) is 13.7. The molecule has 0 radical (unpaired) electrons. The molecular formula is C16H25Cl2N. The molecule has 0 aliphatic carbocycles. The summed E-state index contributed by atoms with van der Waals surface area (Å²) >= 11 is 12.1. The lowest BCUT2D eigenvalue weighted by Crippen LogP contribution is -2.38. The third-order valence-corrected chi connectivity index (χ3v) is 4.45. The van der Waals surface area contributed by atoms with Crippen molar-refractivity contribution in [1.29, 1.82) is 0 Å². The summed E-state index contributed by atoms with van der Waals surface area (Å²) in [4.78, 5) is 0. The molecule has 3 heteroatoms. The van der Waals surface area contributed by atoms with Gasteiger partial charge in [-0.05, 0) is 43.0 Å². The highest BCUT2D eigenvalue weighted by Crippen LogP contribution is 2.25. The van der Waals surface area contributed by atoms with Crippen molar-refractivity contribution in [2.45, 2.75) is 52.5 Å². The summed E-state index contributed by atoms with van der Waals surface area (Å²) in [6.07, 6.45) is 4.60. The molecule has 0 amide bonds. The first-order chi connectivity index (χ1) is 9.12. The Morgan fingerprint density at radius 3 is 2.26 bits per heavy atom. The van der Waals surface area contributed by atoms with Gasteiger partial charge < -0.3 is 5.32 Å². The van der Waals surface area contributed by atoms with E-state index in [0.29, 0.717) is 22.0 Å². The van der Waals surface area contributed by atoms with Gasteiger partial charge in [0, 0.05) is 6.04 Å². The van der Waals surface area contributed by atoms with Gasteiger partial charge in [0.1, 0.15) is 0 Å². The molecule has 0 fully saturated rings. The molecule has 1 unspecified atom stereocenters. The Morgan fingerprint density at radius 2 is 1.74 bits per heavy atom. The highest BCUT2D eigenvalue weighted by Gasteiger charge is 2.18. The van der Waals surface area contributed by atoms with E-state index in [9.17, 15) is 0 Å². The third kappa shape index (κ3) is 5.33. The van der Waals surface area contributed by atoms with Crippen molar-refractivity contribution < 1.29 is 0 Å². The molecule has 1 rings (SSSR count). The van der Waals surface area contributed by atoms with Crippen LogP contribution in [0.15, 0.2) is 18.2 Å². The third-order valence-electron chi connectivity index (χ3n) is 3.71. The van der Waals surface area contributed by atoms with Crippen molar-refractivity contribution >= 4 is 23.2 Å². The Morgan fingerprint density at radius 1 is 1.05 bits per heavy atom. The minimum Gasteiger partial charge on any atom is -0.313 e. The fourth-order valence-corrected chi connectivity index (χ4v) is 2.83. The van der Waals surface area contributed by atoms with Gasteiger partial charge in [-0.1, -0.05) is 62.9 Å². The van der Waals surface area contributed by atoms with Crippen LogP contribution in [0.5, 0.6) is 0 Å². The summed E-state index contributed by atoms with van der Waals surface area (Å²) < 4.78 is 0. The Bertz CT molecular complexity index is 375. The maximum absolute atomic E-state index is 6.10. The first kappa shape index (κ1) is 16.8. The molecule has 1 N–H and O–H groups in total. The molecule has 0 heterocycles. The van der Waals surface area contributed by atoms with E-state index >= 15 is 0 Å². The fraction of sp³-hybridized carbons (Fsp3) is 0.625. The second kappa shape index (κ2) is 8.84. The molecule has 1 atom stereocenters. The number of hydrogen-bond acceptors (Lipinski definition) is 1.